The quantitative estimate of drug-likeness (QED) is 0.00987. The molecule has 0 aliphatic carbocycles. The van der Waals surface area contributed by atoms with Crippen molar-refractivity contribution in [1.82, 2.24) is 4.90 Å². The van der Waals surface area contributed by atoms with Gasteiger partial charge in [-0.1, -0.05) is 55.5 Å². The molecule has 0 radical (unpaired) electrons. The number of phenolic OH excluding ortho intramolecular Hbond substituents is 25. The Morgan fingerprint density at radius 2 is 0.537 bits per heavy atom. The molecule has 49 heteroatoms. The zero-order valence-electron chi connectivity index (χ0n) is 75.0. The number of hydrogen-bond donors (Lipinski definition) is 25. The van der Waals surface area contributed by atoms with Gasteiger partial charge in [-0.25, -0.2) is 47.9 Å². The minimum absolute atomic E-state index is 0.230. The fourth-order valence-electron chi connectivity index (χ4n) is 14.5. The normalized spacial score (nSPS) is 14.9. The van der Waals surface area contributed by atoms with Crippen molar-refractivity contribution in [3.05, 3.63) is 243 Å². The lowest BCUT2D eigenvalue weighted by atomic mass is 9.97. The average molecular weight is 2040 g/mol. The third-order valence-corrected chi connectivity index (χ3v) is 22.0. The molecule has 14 rings (SSSR count). The van der Waals surface area contributed by atoms with Crippen LogP contribution in [-0.2, 0) is 39.6 Å². The molecule has 49 nitrogen and oxygen atoms in total. The minimum Gasteiger partial charge on any atom is -0.504 e. The highest BCUT2D eigenvalue weighted by atomic mass is 16.8. The fourth-order valence-corrected chi connectivity index (χ4v) is 14.5. The largest absolute Gasteiger partial charge is 0.504 e. The number of aromatic hydroxyl groups is 25. The molecule has 25 N–H and O–H groups in total. The predicted octanol–water partition coefficient (Wildman–Crippen LogP) is 8.97. The topological polar surface area (TPSA) is 802 Å². The van der Waals surface area contributed by atoms with E-state index in [1.165, 1.54) is 5.56 Å². The molecule has 12 aromatic carbocycles. The molecular formula is C98H80N2O47. The van der Waals surface area contributed by atoms with Gasteiger partial charge >= 0.3 is 59.7 Å². The third-order valence-electron chi connectivity index (χ3n) is 22.0. The maximum absolute atomic E-state index is 15.3. The van der Waals surface area contributed by atoms with Crippen molar-refractivity contribution < 1.29 is 233 Å². The van der Waals surface area contributed by atoms with Crippen LogP contribution in [0.3, 0.4) is 0 Å². The van der Waals surface area contributed by atoms with Crippen molar-refractivity contribution in [2.45, 2.75) is 69.4 Å². The average Bonchev–Trinajstić information content (AvgIpc) is 0.761. The molecule has 2 heterocycles. The molecule has 0 aromatic heterocycles. The third kappa shape index (κ3) is 23.6. The molecule has 2 fully saturated rings. The number of piperidine rings is 1. The number of carbonyl (C=O) groups is 11. The van der Waals surface area contributed by atoms with Crippen LogP contribution < -0.4 is 28.6 Å². The zero-order valence-corrected chi connectivity index (χ0v) is 75.0. The van der Waals surface area contributed by atoms with Crippen LogP contribution in [0.25, 0.3) is 0 Å². The Hall–Kier alpha value is -20.3. The van der Waals surface area contributed by atoms with Gasteiger partial charge in [0.25, 0.3) is 0 Å². The van der Waals surface area contributed by atoms with Crippen LogP contribution in [0.2, 0.25) is 0 Å². The Bertz CT molecular complexity index is 7130. The van der Waals surface area contributed by atoms with E-state index in [0.717, 1.165) is 44.6 Å². The SMILES string of the molecule is CCC(=O)N(c1ccccc1)C1CCN(CCc2ccccc2)CC1.O=C(OC[C@H]1O[C@@H](OC(=O)c2cc(O)c(O)c(OC(=O)c3cc(O)c(O)c(O)c3)c2)[C@H](OC(=O)c2cc(O)c(O)c(OC(=O)c3cc(O)c(O)c(O)c3)c2)[C@@H](OC(=O)c2cc(O)c(O)c(OC(=O)c3cc(O)c(O)c(O)c3)c2)[C@@H]1OC(=O)c1cc(O)c(O)c(OC(=O)c2cc(O)c(O)c(O)c2)c1)c1cc(O)c(O)c(OC(=O)c2cc(O)c(O)c(O)c2)c1. The lowest BCUT2D eigenvalue weighted by Gasteiger charge is -2.43. The number of likely N-dealkylation sites (tertiary alicyclic amines) is 1. The number of phenols is 25. The summed E-state index contributed by atoms with van der Waals surface area (Å²) in [4.78, 5) is 160. The summed E-state index contributed by atoms with van der Waals surface area (Å²) < 4.78 is 60.4. The number of benzene rings is 12. The van der Waals surface area contributed by atoms with Gasteiger partial charge in [-0.2, -0.15) is 0 Å². The van der Waals surface area contributed by atoms with Crippen LogP contribution in [-0.4, -0.2) is 261 Å². The summed E-state index contributed by atoms with van der Waals surface area (Å²) in [6, 6.07) is 29.7. The first-order valence-corrected chi connectivity index (χ1v) is 42.6. The van der Waals surface area contributed by atoms with E-state index in [1.807, 2.05) is 30.0 Å². The number of carbonyl (C=O) groups excluding carboxylic acids is 11. The monoisotopic (exact) mass is 2040 g/mol. The highest BCUT2D eigenvalue weighted by Gasteiger charge is 2.56. The van der Waals surface area contributed by atoms with Crippen LogP contribution in [0.4, 0.5) is 5.69 Å². The van der Waals surface area contributed by atoms with E-state index in [0.29, 0.717) is 134 Å². The van der Waals surface area contributed by atoms with Gasteiger partial charge < -0.3 is 190 Å². The lowest BCUT2D eigenvalue weighted by Crippen LogP contribution is -2.63. The van der Waals surface area contributed by atoms with Gasteiger partial charge in [-0.15, -0.1) is 0 Å². The second kappa shape index (κ2) is 43.6. The van der Waals surface area contributed by atoms with Gasteiger partial charge in [0.2, 0.25) is 47.0 Å². The summed E-state index contributed by atoms with van der Waals surface area (Å²) in [7, 11) is 0. The van der Waals surface area contributed by atoms with Gasteiger partial charge in [0.1, 0.15) is 12.7 Å². The van der Waals surface area contributed by atoms with E-state index in [4.69, 9.17) is 52.1 Å². The van der Waals surface area contributed by atoms with Gasteiger partial charge in [0.15, 0.2) is 156 Å². The maximum Gasteiger partial charge on any atom is 0.343 e. The first-order chi connectivity index (χ1) is 69.6. The summed E-state index contributed by atoms with van der Waals surface area (Å²) in [5.41, 5.74) is -7.45. The smallest absolute Gasteiger partial charge is 0.343 e. The molecular weight excluding hydrogens is 1960 g/mol. The standard InChI is InChI=1S/C76H52O46.C22H28N2O/c77-32-1-22(2-33(78)53(32)92)67(103)113-47-16-27(11-42(87)58(47)97)66(102)112-21-52-63(119-72(108)28-12-43(88)59(98)48(17-28)114-68(104)23-3-34(79)54(93)35(80)4-23)64(120-73(109)29-13-44(89)60(99)49(18-29)115-69(105)24-5-36(81)55(94)37(82)6-24)65(121-74(110)30-14-45(90)61(100)50(19-30)116-70(106)25-7-38(83)56(95)39(84)8-25)76(118-52)122-75(111)31-15-46(91)62(101)51(20-31)117-71(107)26-9-40(85)57(96)41(86)10-26;1-2-22(25)24(20-11-7-4-8-12-20)21-14-17-23(18-15-21)16-13-19-9-5-3-6-10-19/h1-20,52,63-65,76-101H,21H2;3-12,21H,2,13-18H2,1H3/t52-,63-,64+,65-,76+;/m1./s1. The fraction of sp³-hybridized carbons (Fsp3) is 0.153. The Morgan fingerprint density at radius 3 is 0.823 bits per heavy atom. The van der Waals surface area contributed by atoms with Gasteiger partial charge in [-0.05, 0) is 158 Å². The number of rotatable bonds is 27. The van der Waals surface area contributed by atoms with Crippen molar-refractivity contribution in [3.63, 3.8) is 0 Å². The first kappa shape index (κ1) is 104. The Balaban J connectivity index is 0.000000625. The van der Waals surface area contributed by atoms with Crippen molar-refractivity contribution in [2.24, 2.45) is 0 Å². The second-order valence-corrected chi connectivity index (χ2v) is 31.9. The molecule has 12 aromatic rings. The molecule has 764 valence electrons. The summed E-state index contributed by atoms with van der Waals surface area (Å²) in [5.74, 6) is -55.7. The minimum atomic E-state index is -3.12. The maximum atomic E-state index is 15.3. The van der Waals surface area contributed by atoms with E-state index in [1.54, 1.807) is 0 Å². The van der Waals surface area contributed by atoms with Crippen molar-refractivity contribution >= 4 is 71.3 Å². The number of nitrogens with zero attached hydrogens (tertiary/aromatic N) is 2. The molecule has 2 aliphatic rings. The van der Waals surface area contributed by atoms with E-state index in [2.05, 4.69) is 47.4 Å². The number of para-hydroxylation sites is 1. The Kier molecular flexibility index (Phi) is 30.9. The highest BCUT2D eigenvalue weighted by molar-refractivity contribution is 6.01. The lowest BCUT2D eigenvalue weighted by molar-refractivity contribution is -0.282. The number of hydrogen-bond acceptors (Lipinski definition) is 48. The second-order valence-electron chi connectivity index (χ2n) is 31.9. The van der Waals surface area contributed by atoms with E-state index in [-0.39, 0.29) is 5.91 Å². The summed E-state index contributed by atoms with van der Waals surface area (Å²) >= 11 is 0. The van der Waals surface area contributed by atoms with E-state index in [9.17, 15) is 166 Å². The van der Waals surface area contributed by atoms with Gasteiger partial charge in [0, 0.05) is 37.8 Å². The molecule has 0 saturated carbocycles. The van der Waals surface area contributed by atoms with Crippen LogP contribution in [0, 0.1) is 0 Å². The number of anilines is 1. The van der Waals surface area contributed by atoms with Crippen molar-refractivity contribution in [3.8, 4) is 172 Å². The van der Waals surface area contributed by atoms with Crippen molar-refractivity contribution in [1.29, 1.82) is 0 Å². The molecule has 147 heavy (non-hydrogen) atoms. The predicted molar refractivity (Wildman–Crippen MR) is 487 cm³/mol. The molecule has 0 unspecified atom stereocenters. The van der Waals surface area contributed by atoms with Crippen LogP contribution in [0.1, 0.15) is 135 Å². The molecule has 2 aliphatic heterocycles. The first-order valence-electron chi connectivity index (χ1n) is 42.6. The van der Waals surface area contributed by atoms with Crippen LogP contribution in [0.15, 0.2) is 182 Å². The molecule has 5 atom stereocenters. The van der Waals surface area contributed by atoms with Gasteiger partial charge in [0.05, 0.1) is 55.6 Å². The molecule has 1 amide bonds. The number of amides is 1. The van der Waals surface area contributed by atoms with E-state index >= 15 is 14.4 Å². The van der Waals surface area contributed by atoms with Gasteiger partial charge in [-0.3, -0.25) is 4.79 Å². The number of ether oxygens (including phenoxy) is 11. The van der Waals surface area contributed by atoms with Crippen molar-refractivity contribution in [2.75, 3.05) is 31.1 Å². The number of esters is 10. The summed E-state index contributed by atoms with van der Waals surface area (Å²) in [6.45, 7) is 3.48. The molecule has 2 saturated heterocycles. The summed E-state index contributed by atoms with van der Waals surface area (Å²) in [6.07, 6.45) is -11.3. The Morgan fingerprint density at radius 1 is 0.293 bits per heavy atom. The molecule has 0 spiro atoms. The van der Waals surface area contributed by atoms with Crippen LogP contribution in [0.5, 0.6) is 172 Å². The van der Waals surface area contributed by atoms with E-state index < -0.39 is 325 Å². The summed E-state index contributed by atoms with van der Waals surface area (Å²) in [5, 5.41) is 261. The van der Waals surface area contributed by atoms with Crippen LogP contribution >= 0.6 is 0 Å². The Labute approximate surface area is 821 Å². The highest BCUT2D eigenvalue weighted by Crippen LogP contribution is 2.49. The zero-order chi connectivity index (χ0) is 107. The molecule has 0 bridgehead atoms.